The van der Waals surface area contributed by atoms with Crippen molar-refractivity contribution < 1.29 is 14.7 Å². The molecule has 0 unspecified atom stereocenters. The highest BCUT2D eigenvalue weighted by Gasteiger charge is 1.88. The van der Waals surface area contributed by atoms with Crippen molar-refractivity contribution in [3.8, 4) is 0 Å². The molecule has 0 heterocycles. The van der Waals surface area contributed by atoms with Crippen LogP contribution in [0.15, 0.2) is 0 Å². The van der Waals surface area contributed by atoms with Gasteiger partial charge in [-0.2, -0.15) is 0 Å². The Labute approximate surface area is 58.8 Å². The molecule has 0 atom stereocenters. The number of hydrogen-bond acceptors (Lipinski definition) is 3. The van der Waals surface area contributed by atoms with Crippen LogP contribution in [0, 0.1) is 0 Å². The summed E-state index contributed by atoms with van der Waals surface area (Å²) in [5.41, 5.74) is 0. The lowest BCUT2D eigenvalue weighted by molar-refractivity contribution is -0.142. The molecule has 0 aromatic rings. The number of carboxylic acid groups (broad SMARTS) is 1. The van der Waals surface area contributed by atoms with Crippen molar-refractivity contribution >= 4 is 30.8 Å². The predicted molar refractivity (Wildman–Crippen MR) is 32.3 cm³/mol. The summed E-state index contributed by atoms with van der Waals surface area (Å²) < 4.78 is 0. The van der Waals surface area contributed by atoms with E-state index in [1.54, 1.807) is 0 Å². The van der Waals surface area contributed by atoms with E-state index in [1.807, 2.05) is 0 Å². The Morgan fingerprint density at radius 3 is 2.00 bits per heavy atom. The molecule has 52 valence electrons. The average Bonchev–Trinajstić information content (AvgIpc) is 1.35. The highest BCUT2D eigenvalue weighted by Crippen LogP contribution is 1.57. The first-order chi connectivity index (χ1) is 2.77. The molecular weight excluding hydrogens is 157 g/mol. The fraction of sp³-hybridized carbons (Fsp3) is 0.500. The molecule has 4 nitrogen and oxygen atoms in total. The van der Waals surface area contributed by atoms with Gasteiger partial charge in [0.25, 0.3) is 0 Å². The van der Waals surface area contributed by atoms with Gasteiger partial charge in [0.1, 0.15) is 0 Å². The van der Waals surface area contributed by atoms with Gasteiger partial charge in [-0.25, -0.2) is 10.7 Å². The molecular formula is C2H7Cl2NO3. The first kappa shape index (κ1) is 15.7. The third kappa shape index (κ3) is 16.7. The Hall–Kier alpha value is -0.0300. The summed E-state index contributed by atoms with van der Waals surface area (Å²) in [7, 11) is 0. The SMILES string of the molecule is Cl.Cl.NOCC(=O)O. The summed E-state index contributed by atoms with van der Waals surface area (Å²) in [6, 6.07) is 0. The minimum atomic E-state index is -1.06. The van der Waals surface area contributed by atoms with Crippen molar-refractivity contribution in [2.24, 2.45) is 5.90 Å². The van der Waals surface area contributed by atoms with Crippen molar-refractivity contribution in [3.63, 3.8) is 0 Å². The molecule has 6 heteroatoms. The molecule has 0 aromatic carbocycles. The van der Waals surface area contributed by atoms with Gasteiger partial charge in [0.05, 0.1) is 0 Å². The van der Waals surface area contributed by atoms with Gasteiger partial charge >= 0.3 is 5.97 Å². The number of nitrogens with two attached hydrogens (primary N) is 1. The molecule has 0 spiro atoms. The molecule has 0 saturated carbocycles. The number of carbonyl (C=O) groups is 1. The standard InChI is InChI=1S/C2H5NO3.2ClH/c3-6-1-2(4)5;;/h1,3H2,(H,4,5);2*1H. The minimum Gasteiger partial charge on any atom is -0.479 e. The van der Waals surface area contributed by atoms with E-state index in [4.69, 9.17) is 5.11 Å². The van der Waals surface area contributed by atoms with Crippen LogP contribution in [0.3, 0.4) is 0 Å². The summed E-state index contributed by atoms with van der Waals surface area (Å²) in [4.78, 5) is 13.1. The second kappa shape index (κ2) is 10.1. The van der Waals surface area contributed by atoms with E-state index in [1.165, 1.54) is 0 Å². The van der Waals surface area contributed by atoms with Crippen LogP contribution in [-0.4, -0.2) is 17.7 Å². The highest BCUT2D eigenvalue weighted by molar-refractivity contribution is 5.85. The van der Waals surface area contributed by atoms with Crippen LogP contribution in [0.4, 0.5) is 0 Å². The normalized spacial score (nSPS) is 6.12. The quantitative estimate of drug-likeness (QED) is 0.554. The lowest BCUT2D eigenvalue weighted by Crippen LogP contribution is -2.10. The largest absolute Gasteiger partial charge is 0.479 e. The van der Waals surface area contributed by atoms with Gasteiger partial charge in [-0.15, -0.1) is 24.8 Å². The predicted octanol–water partition coefficient (Wildman–Crippen LogP) is -0.195. The van der Waals surface area contributed by atoms with Crippen molar-refractivity contribution in [1.29, 1.82) is 0 Å². The molecule has 8 heavy (non-hydrogen) atoms. The number of halogens is 2. The maximum absolute atomic E-state index is 9.39. The topological polar surface area (TPSA) is 72.5 Å². The number of hydrogen-bond donors (Lipinski definition) is 2. The van der Waals surface area contributed by atoms with E-state index >= 15 is 0 Å². The summed E-state index contributed by atoms with van der Waals surface area (Å²) in [5, 5.41) is 7.71. The fourth-order valence-electron chi connectivity index (χ4n) is 0.0713. The van der Waals surface area contributed by atoms with Gasteiger partial charge < -0.3 is 5.11 Å². The maximum Gasteiger partial charge on any atom is 0.331 e. The zero-order valence-corrected chi connectivity index (χ0v) is 5.50. The first-order valence-electron chi connectivity index (χ1n) is 1.31. The van der Waals surface area contributed by atoms with Crippen LogP contribution in [0.2, 0.25) is 0 Å². The zero-order chi connectivity index (χ0) is 4.99. The summed E-state index contributed by atoms with van der Waals surface area (Å²) in [6.07, 6.45) is 0. The van der Waals surface area contributed by atoms with Crippen molar-refractivity contribution in [2.75, 3.05) is 6.61 Å². The molecule has 0 rings (SSSR count). The van der Waals surface area contributed by atoms with Crippen LogP contribution in [0.5, 0.6) is 0 Å². The second-order valence-corrected chi connectivity index (χ2v) is 0.705. The molecule has 0 fully saturated rings. The van der Waals surface area contributed by atoms with Crippen molar-refractivity contribution in [1.82, 2.24) is 0 Å². The van der Waals surface area contributed by atoms with Crippen LogP contribution in [-0.2, 0) is 9.63 Å². The molecule has 0 aliphatic rings. The smallest absolute Gasteiger partial charge is 0.331 e. The van der Waals surface area contributed by atoms with E-state index in [0.717, 1.165) is 0 Å². The molecule has 3 N–H and O–H groups in total. The maximum atomic E-state index is 9.39. The summed E-state index contributed by atoms with van der Waals surface area (Å²) in [5.74, 6) is 3.29. The van der Waals surface area contributed by atoms with E-state index in [9.17, 15) is 4.79 Å². The molecule has 0 radical (unpaired) electrons. The van der Waals surface area contributed by atoms with E-state index in [0.29, 0.717) is 0 Å². The van der Waals surface area contributed by atoms with E-state index in [2.05, 4.69) is 10.7 Å². The van der Waals surface area contributed by atoms with Crippen molar-refractivity contribution in [2.45, 2.75) is 0 Å². The van der Waals surface area contributed by atoms with Gasteiger partial charge in [-0.1, -0.05) is 0 Å². The van der Waals surface area contributed by atoms with E-state index < -0.39 is 12.6 Å². The molecule has 0 aliphatic carbocycles. The number of carboxylic acids is 1. The third-order valence-electron chi connectivity index (χ3n) is 0.207. The van der Waals surface area contributed by atoms with Gasteiger partial charge in [0.15, 0.2) is 6.61 Å². The Bertz CT molecular complexity index is 59.2. The van der Waals surface area contributed by atoms with Gasteiger partial charge in [0, 0.05) is 0 Å². The van der Waals surface area contributed by atoms with Crippen LogP contribution < -0.4 is 5.90 Å². The average molecular weight is 164 g/mol. The van der Waals surface area contributed by atoms with Gasteiger partial charge in [-0.3, -0.25) is 4.84 Å². The van der Waals surface area contributed by atoms with Crippen LogP contribution in [0.1, 0.15) is 0 Å². The number of rotatable bonds is 2. The molecule has 0 aliphatic heterocycles. The summed E-state index contributed by atoms with van der Waals surface area (Å²) in [6.45, 7) is -0.431. The van der Waals surface area contributed by atoms with Crippen molar-refractivity contribution in [3.05, 3.63) is 0 Å². The Morgan fingerprint density at radius 2 is 2.00 bits per heavy atom. The summed E-state index contributed by atoms with van der Waals surface area (Å²) >= 11 is 0. The molecule has 0 saturated heterocycles. The third-order valence-corrected chi connectivity index (χ3v) is 0.207. The van der Waals surface area contributed by atoms with Gasteiger partial charge in [-0.05, 0) is 0 Å². The van der Waals surface area contributed by atoms with Crippen LogP contribution in [0.25, 0.3) is 0 Å². The molecule has 0 aromatic heterocycles. The lowest BCUT2D eigenvalue weighted by Gasteiger charge is -1.83. The minimum absolute atomic E-state index is 0. The highest BCUT2D eigenvalue weighted by atomic mass is 35.5. The first-order valence-corrected chi connectivity index (χ1v) is 1.31. The molecule has 0 amide bonds. The Morgan fingerprint density at radius 1 is 1.62 bits per heavy atom. The fourth-order valence-corrected chi connectivity index (χ4v) is 0.0713. The monoisotopic (exact) mass is 163 g/mol. The second-order valence-electron chi connectivity index (χ2n) is 0.705. The zero-order valence-electron chi connectivity index (χ0n) is 3.86. The van der Waals surface area contributed by atoms with E-state index in [-0.39, 0.29) is 24.8 Å². The van der Waals surface area contributed by atoms with Crippen LogP contribution >= 0.6 is 24.8 Å². The lowest BCUT2D eigenvalue weighted by atomic mass is 10.8. The Balaban J connectivity index is -0.000000125. The van der Waals surface area contributed by atoms with Gasteiger partial charge in [0.2, 0.25) is 0 Å². The Kier molecular flexibility index (Phi) is 19.7. The number of aliphatic carboxylic acids is 1. The molecule has 0 bridgehead atoms.